The van der Waals surface area contributed by atoms with Gasteiger partial charge in [-0.25, -0.2) is 0 Å². The first-order valence-electron chi connectivity index (χ1n) is 13.5. The van der Waals surface area contributed by atoms with Crippen molar-refractivity contribution in [3.8, 4) is 11.4 Å². The minimum atomic E-state index is 0.777. The van der Waals surface area contributed by atoms with Crippen LogP contribution in [0.5, 0.6) is 0 Å². The Labute approximate surface area is 229 Å². The molecule has 1 saturated carbocycles. The molecule has 4 nitrogen and oxygen atoms in total. The van der Waals surface area contributed by atoms with E-state index in [0.717, 1.165) is 62.3 Å². The normalized spacial score (nSPS) is 15.8. The lowest BCUT2D eigenvalue weighted by molar-refractivity contribution is 0.356. The maximum absolute atomic E-state index is 4.71. The molecule has 1 aliphatic carbocycles. The number of aromatic amines is 2. The largest absolute Gasteiger partial charge is 0.357 e. The fourth-order valence-electron chi connectivity index (χ4n) is 5.51. The fraction of sp³-hybridized carbons (Fsp3) is 0.273. The van der Waals surface area contributed by atoms with Crippen molar-refractivity contribution in [2.75, 3.05) is 0 Å². The topological polar surface area (TPSA) is 57.4 Å². The molecule has 2 N–H and O–H groups in total. The summed E-state index contributed by atoms with van der Waals surface area (Å²) in [6.45, 7) is 12.5. The SMILES string of the molecule is C=C/C=C(/c1cccs1)c1cc(-c2n[nH]c(=C/C)/c2=C\C(=C)c2cncc(CC3CCCCC3)c2)[nH]c1C. The molecular weight excluding hydrogens is 484 g/mol. The molecule has 0 unspecified atom stereocenters. The highest BCUT2D eigenvalue weighted by molar-refractivity contribution is 7.11. The van der Waals surface area contributed by atoms with Crippen molar-refractivity contribution < 1.29 is 0 Å². The summed E-state index contributed by atoms with van der Waals surface area (Å²) in [5.74, 6) is 0.777. The van der Waals surface area contributed by atoms with Crippen LogP contribution in [0.25, 0.3) is 34.7 Å². The van der Waals surface area contributed by atoms with Crippen molar-refractivity contribution in [1.82, 2.24) is 20.2 Å². The molecule has 4 aromatic rings. The highest BCUT2D eigenvalue weighted by Crippen LogP contribution is 2.32. The van der Waals surface area contributed by atoms with Crippen molar-refractivity contribution in [3.63, 3.8) is 0 Å². The van der Waals surface area contributed by atoms with Crippen LogP contribution >= 0.6 is 11.3 Å². The van der Waals surface area contributed by atoms with Gasteiger partial charge in [0.05, 0.1) is 11.0 Å². The Morgan fingerprint density at radius 2 is 2.03 bits per heavy atom. The zero-order chi connectivity index (χ0) is 26.5. The van der Waals surface area contributed by atoms with Crippen LogP contribution in [-0.2, 0) is 6.42 Å². The summed E-state index contributed by atoms with van der Waals surface area (Å²) < 4.78 is 0. The quantitative estimate of drug-likeness (QED) is 0.241. The number of thiophene rings is 1. The minimum absolute atomic E-state index is 0.777. The Bertz CT molecular complexity index is 1570. The van der Waals surface area contributed by atoms with E-state index < -0.39 is 0 Å². The summed E-state index contributed by atoms with van der Waals surface area (Å²) in [5, 5.41) is 12.0. The van der Waals surface area contributed by atoms with E-state index in [0.29, 0.717) is 0 Å². The second-order valence-corrected chi connectivity index (χ2v) is 11.1. The smallest absolute Gasteiger partial charge is 0.116 e. The van der Waals surface area contributed by atoms with Crippen LogP contribution in [-0.4, -0.2) is 20.2 Å². The number of hydrogen-bond acceptors (Lipinski definition) is 3. The maximum Gasteiger partial charge on any atom is 0.116 e. The minimum Gasteiger partial charge on any atom is -0.357 e. The third-order valence-corrected chi connectivity index (χ3v) is 8.39. The molecule has 0 bridgehead atoms. The Morgan fingerprint density at radius 3 is 2.76 bits per heavy atom. The number of hydrogen-bond donors (Lipinski definition) is 2. The molecule has 4 heterocycles. The molecule has 194 valence electrons. The molecule has 5 rings (SSSR count). The van der Waals surface area contributed by atoms with E-state index in [4.69, 9.17) is 5.10 Å². The molecule has 1 fully saturated rings. The number of allylic oxidation sites excluding steroid dienone is 3. The molecule has 0 radical (unpaired) electrons. The van der Waals surface area contributed by atoms with Crippen LogP contribution in [0.3, 0.4) is 0 Å². The van der Waals surface area contributed by atoms with Crippen LogP contribution in [0.4, 0.5) is 0 Å². The molecule has 0 amide bonds. The second-order valence-electron chi connectivity index (χ2n) is 10.2. The Balaban J connectivity index is 1.49. The van der Waals surface area contributed by atoms with Crippen LogP contribution in [0.1, 0.15) is 66.3 Å². The average molecular weight is 521 g/mol. The highest BCUT2D eigenvalue weighted by Gasteiger charge is 2.17. The van der Waals surface area contributed by atoms with Crippen molar-refractivity contribution >= 4 is 34.6 Å². The molecule has 0 aromatic carbocycles. The monoisotopic (exact) mass is 520 g/mol. The molecule has 1 aliphatic rings. The van der Waals surface area contributed by atoms with Gasteiger partial charge in [0.2, 0.25) is 0 Å². The van der Waals surface area contributed by atoms with E-state index in [2.05, 4.69) is 83.0 Å². The van der Waals surface area contributed by atoms with Crippen LogP contribution < -0.4 is 10.6 Å². The van der Waals surface area contributed by atoms with Gasteiger partial charge in [0, 0.05) is 39.3 Å². The van der Waals surface area contributed by atoms with Gasteiger partial charge in [0.15, 0.2) is 0 Å². The highest BCUT2D eigenvalue weighted by atomic mass is 32.1. The summed E-state index contributed by atoms with van der Waals surface area (Å²) in [6.07, 6.45) is 19.9. The zero-order valence-corrected chi connectivity index (χ0v) is 23.2. The van der Waals surface area contributed by atoms with E-state index in [1.54, 1.807) is 11.3 Å². The van der Waals surface area contributed by atoms with Gasteiger partial charge < -0.3 is 4.98 Å². The van der Waals surface area contributed by atoms with E-state index in [-0.39, 0.29) is 0 Å². The van der Waals surface area contributed by atoms with Crippen molar-refractivity contribution in [2.24, 2.45) is 5.92 Å². The van der Waals surface area contributed by atoms with Gasteiger partial charge >= 0.3 is 0 Å². The predicted octanol–water partition coefficient (Wildman–Crippen LogP) is 7.20. The fourth-order valence-corrected chi connectivity index (χ4v) is 6.28. The zero-order valence-electron chi connectivity index (χ0n) is 22.4. The molecule has 4 aromatic heterocycles. The molecule has 0 spiro atoms. The summed E-state index contributed by atoms with van der Waals surface area (Å²) >= 11 is 1.73. The molecule has 0 aliphatic heterocycles. The number of nitrogens with zero attached hydrogens (tertiary/aromatic N) is 2. The van der Waals surface area contributed by atoms with Gasteiger partial charge in [-0.2, -0.15) is 5.10 Å². The first-order valence-corrected chi connectivity index (χ1v) is 14.4. The van der Waals surface area contributed by atoms with E-state index in [1.807, 2.05) is 25.4 Å². The lowest BCUT2D eigenvalue weighted by Crippen LogP contribution is -2.23. The van der Waals surface area contributed by atoms with Crippen LogP contribution in [0.2, 0.25) is 0 Å². The average Bonchev–Trinajstić information content (AvgIpc) is 3.68. The predicted molar refractivity (Wildman–Crippen MR) is 162 cm³/mol. The summed E-state index contributed by atoms with van der Waals surface area (Å²) in [6, 6.07) is 8.67. The number of nitrogens with one attached hydrogen (secondary N) is 2. The lowest BCUT2D eigenvalue weighted by Gasteiger charge is -2.21. The number of aryl methyl sites for hydroxylation is 1. The van der Waals surface area contributed by atoms with Gasteiger partial charge in [0.1, 0.15) is 5.69 Å². The molecule has 5 heteroatoms. The number of rotatable bonds is 8. The Hall–Kier alpha value is -3.70. The van der Waals surface area contributed by atoms with Crippen LogP contribution in [0, 0.1) is 12.8 Å². The van der Waals surface area contributed by atoms with Gasteiger partial charge in [0.25, 0.3) is 0 Å². The molecule has 38 heavy (non-hydrogen) atoms. The first kappa shape index (κ1) is 25.9. The Morgan fingerprint density at radius 1 is 1.18 bits per heavy atom. The van der Waals surface area contributed by atoms with Crippen molar-refractivity contribution in [2.45, 2.75) is 52.4 Å². The third kappa shape index (κ3) is 5.58. The standard InChI is InChI=1S/C33H36N4S/c1-5-11-27(32-14-10-15-38-32)28-19-31(35-23(28)4)33-29(30(6-2)36-37-33)16-22(3)26-18-25(20-34-21-26)17-24-12-8-7-9-13-24/h5-6,10-11,14-16,18-21,24,35-36H,1,3,7-9,12-13,17H2,2,4H3/b27-11+,29-16+,30-6+. The summed E-state index contributed by atoms with van der Waals surface area (Å²) in [5.41, 5.74) is 8.54. The maximum atomic E-state index is 4.71. The van der Waals surface area contributed by atoms with Gasteiger partial charge in [-0.3, -0.25) is 10.1 Å². The van der Waals surface area contributed by atoms with Gasteiger partial charge in [-0.15, -0.1) is 11.3 Å². The van der Waals surface area contributed by atoms with Crippen LogP contribution in [0.15, 0.2) is 67.3 Å². The summed E-state index contributed by atoms with van der Waals surface area (Å²) in [4.78, 5) is 9.36. The first-order chi connectivity index (χ1) is 18.6. The molecule has 0 saturated heterocycles. The number of aromatic nitrogens is 4. The van der Waals surface area contributed by atoms with Gasteiger partial charge in [-0.1, -0.05) is 69.6 Å². The third-order valence-electron chi connectivity index (χ3n) is 7.49. The van der Waals surface area contributed by atoms with Crippen molar-refractivity contribution in [1.29, 1.82) is 0 Å². The summed E-state index contributed by atoms with van der Waals surface area (Å²) in [7, 11) is 0. The van der Waals surface area contributed by atoms with E-state index >= 15 is 0 Å². The van der Waals surface area contributed by atoms with Gasteiger partial charge in [-0.05, 0) is 72.5 Å². The number of H-pyrrole nitrogens is 2. The Kier molecular flexibility index (Phi) is 8.04. The van der Waals surface area contributed by atoms with E-state index in [1.165, 1.54) is 42.5 Å². The van der Waals surface area contributed by atoms with Crippen molar-refractivity contribution in [3.05, 3.63) is 105 Å². The number of pyridine rings is 1. The van der Waals surface area contributed by atoms with E-state index in [9.17, 15) is 0 Å². The molecule has 0 atom stereocenters. The molecular formula is C33H36N4S. The lowest BCUT2D eigenvalue weighted by atomic mass is 9.85. The second kappa shape index (κ2) is 11.8.